The number of aromatic nitrogens is 1. The second-order valence-corrected chi connectivity index (χ2v) is 4.21. The van der Waals surface area contributed by atoms with Crippen molar-refractivity contribution in [2.24, 2.45) is 11.1 Å². The van der Waals surface area contributed by atoms with Gasteiger partial charge in [0.1, 0.15) is 0 Å². The SMILES string of the molecule is CC(C)(CN)CC(=O)c1cccnc1. The van der Waals surface area contributed by atoms with Gasteiger partial charge >= 0.3 is 0 Å². The van der Waals surface area contributed by atoms with E-state index in [-0.39, 0.29) is 11.2 Å². The summed E-state index contributed by atoms with van der Waals surface area (Å²) in [4.78, 5) is 15.6. The number of hydrogen-bond acceptors (Lipinski definition) is 3. The summed E-state index contributed by atoms with van der Waals surface area (Å²) < 4.78 is 0. The quantitative estimate of drug-likeness (QED) is 0.738. The summed E-state index contributed by atoms with van der Waals surface area (Å²) in [7, 11) is 0. The number of carbonyl (C=O) groups excluding carboxylic acids is 1. The predicted octanol–water partition coefficient (Wildman–Crippen LogP) is 1.64. The van der Waals surface area contributed by atoms with Crippen molar-refractivity contribution in [1.29, 1.82) is 0 Å². The molecule has 0 amide bonds. The third-order valence-corrected chi connectivity index (χ3v) is 2.18. The van der Waals surface area contributed by atoms with Crippen LogP contribution in [0.4, 0.5) is 0 Å². The van der Waals surface area contributed by atoms with E-state index in [4.69, 9.17) is 5.73 Å². The van der Waals surface area contributed by atoms with Crippen molar-refractivity contribution in [2.75, 3.05) is 6.54 Å². The Balaban J connectivity index is 2.69. The van der Waals surface area contributed by atoms with Gasteiger partial charge in [0.2, 0.25) is 0 Å². The van der Waals surface area contributed by atoms with Gasteiger partial charge in [0.05, 0.1) is 0 Å². The molecular formula is C11H16N2O. The van der Waals surface area contributed by atoms with Gasteiger partial charge in [-0.15, -0.1) is 0 Å². The molecule has 0 saturated carbocycles. The van der Waals surface area contributed by atoms with Gasteiger partial charge in [-0.3, -0.25) is 9.78 Å². The minimum Gasteiger partial charge on any atom is -0.330 e. The minimum atomic E-state index is -0.132. The van der Waals surface area contributed by atoms with E-state index in [2.05, 4.69) is 4.98 Å². The van der Waals surface area contributed by atoms with Crippen LogP contribution in [0.2, 0.25) is 0 Å². The van der Waals surface area contributed by atoms with Gasteiger partial charge in [0.15, 0.2) is 5.78 Å². The first-order valence-electron chi connectivity index (χ1n) is 4.68. The molecule has 0 aliphatic rings. The molecule has 1 heterocycles. The Morgan fingerprint density at radius 1 is 1.57 bits per heavy atom. The third-order valence-electron chi connectivity index (χ3n) is 2.18. The fraction of sp³-hybridized carbons (Fsp3) is 0.455. The van der Waals surface area contributed by atoms with Crippen LogP contribution < -0.4 is 5.73 Å². The molecule has 0 bridgehead atoms. The first kappa shape index (κ1) is 10.9. The molecule has 1 aromatic rings. The number of nitrogens with two attached hydrogens (primary N) is 1. The number of carbonyl (C=O) groups is 1. The van der Waals surface area contributed by atoms with Crippen molar-refractivity contribution in [3.05, 3.63) is 30.1 Å². The van der Waals surface area contributed by atoms with Crippen LogP contribution in [0, 0.1) is 5.41 Å². The Bertz CT molecular complexity index is 306. The molecule has 1 rings (SSSR count). The Morgan fingerprint density at radius 2 is 2.29 bits per heavy atom. The lowest BCUT2D eigenvalue weighted by Gasteiger charge is -2.20. The molecule has 0 unspecified atom stereocenters. The van der Waals surface area contributed by atoms with Crippen molar-refractivity contribution in [3.63, 3.8) is 0 Å². The smallest absolute Gasteiger partial charge is 0.165 e. The Hall–Kier alpha value is -1.22. The lowest BCUT2D eigenvalue weighted by atomic mass is 9.86. The van der Waals surface area contributed by atoms with E-state index in [0.717, 1.165) is 0 Å². The highest BCUT2D eigenvalue weighted by Gasteiger charge is 2.20. The average Bonchev–Trinajstić information content (AvgIpc) is 2.19. The number of pyridine rings is 1. The molecule has 76 valence electrons. The summed E-state index contributed by atoms with van der Waals surface area (Å²) in [6, 6.07) is 3.55. The highest BCUT2D eigenvalue weighted by Crippen LogP contribution is 2.20. The lowest BCUT2D eigenvalue weighted by Crippen LogP contribution is -2.26. The fourth-order valence-electron chi connectivity index (χ4n) is 1.14. The van der Waals surface area contributed by atoms with Crippen molar-refractivity contribution < 1.29 is 4.79 Å². The van der Waals surface area contributed by atoms with Crippen LogP contribution in [0.15, 0.2) is 24.5 Å². The van der Waals surface area contributed by atoms with Crippen molar-refractivity contribution in [2.45, 2.75) is 20.3 Å². The van der Waals surface area contributed by atoms with Crippen LogP contribution in [0.25, 0.3) is 0 Å². The van der Waals surface area contributed by atoms with Gasteiger partial charge in [0.25, 0.3) is 0 Å². The molecule has 0 saturated heterocycles. The normalized spacial score (nSPS) is 11.4. The largest absolute Gasteiger partial charge is 0.330 e. The van der Waals surface area contributed by atoms with Crippen molar-refractivity contribution in [3.8, 4) is 0 Å². The molecule has 3 heteroatoms. The van der Waals surface area contributed by atoms with E-state index in [1.165, 1.54) is 0 Å². The Labute approximate surface area is 84.3 Å². The van der Waals surface area contributed by atoms with Crippen LogP contribution in [-0.4, -0.2) is 17.3 Å². The van der Waals surface area contributed by atoms with Gasteiger partial charge in [-0.25, -0.2) is 0 Å². The topological polar surface area (TPSA) is 56.0 Å². The number of hydrogen-bond donors (Lipinski definition) is 1. The van der Waals surface area contributed by atoms with E-state index in [0.29, 0.717) is 18.5 Å². The van der Waals surface area contributed by atoms with E-state index in [1.54, 1.807) is 24.5 Å². The lowest BCUT2D eigenvalue weighted by molar-refractivity contribution is 0.0934. The summed E-state index contributed by atoms with van der Waals surface area (Å²) in [5.74, 6) is 0.105. The average molecular weight is 192 g/mol. The van der Waals surface area contributed by atoms with Crippen LogP contribution in [0.5, 0.6) is 0 Å². The van der Waals surface area contributed by atoms with Crippen LogP contribution in [-0.2, 0) is 0 Å². The zero-order valence-electron chi connectivity index (χ0n) is 8.66. The maximum atomic E-state index is 11.7. The maximum Gasteiger partial charge on any atom is 0.165 e. The summed E-state index contributed by atoms with van der Waals surface area (Å²) in [5.41, 5.74) is 6.09. The van der Waals surface area contributed by atoms with Gasteiger partial charge < -0.3 is 5.73 Å². The second kappa shape index (κ2) is 4.33. The first-order chi connectivity index (χ1) is 6.55. The molecule has 0 fully saturated rings. The van der Waals surface area contributed by atoms with E-state index in [1.807, 2.05) is 13.8 Å². The van der Waals surface area contributed by atoms with Gasteiger partial charge in [-0.1, -0.05) is 13.8 Å². The third kappa shape index (κ3) is 2.92. The molecule has 0 aromatic carbocycles. The van der Waals surface area contributed by atoms with Crippen LogP contribution in [0.1, 0.15) is 30.6 Å². The monoisotopic (exact) mass is 192 g/mol. The van der Waals surface area contributed by atoms with E-state index < -0.39 is 0 Å². The maximum absolute atomic E-state index is 11.7. The molecule has 3 nitrogen and oxygen atoms in total. The summed E-state index contributed by atoms with van der Waals surface area (Å²) in [6.45, 7) is 4.49. The number of Topliss-reactive ketones (excluding diaryl/α,β-unsaturated/α-hetero) is 1. The standard InChI is InChI=1S/C11H16N2O/c1-11(2,8-12)6-10(14)9-4-3-5-13-7-9/h3-5,7H,6,8,12H2,1-2H3. The minimum absolute atomic E-state index is 0.105. The molecular weight excluding hydrogens is 176 g/mol. The van der Waals surface area contributed by atoms with Gasteiger partial charge in [0, 0.05) is 24.4 Å². The Morgan fingerprint density at radius 3 is 2.79 bits per heavy atom. The molecule has 0 aliphatic heterocycles. The zero-order valence-corrected chi connectivity index (χ0v) is 8.66. The molecule has 1 aromatic heterocycles. The fourth-order valence-corrected chi connectivity index (χ4v) is 1.14. The van der Waals surface area contributed by atoms with E-state index >= 15 is 0 Å². The number of nitrogens with zero attached hydrogens (tertiary/aromatic N) is 1. The molecule has 0 spiro atoms. The number of ketones is 1. The predicted molar refractivity (Wildman–Crippen MR) is 56.0 cm³/mol. The van der Waals surface area contributed by atoms with Crippen molar-refractivity contribution >= 4 is 5.78 Å². The summed E-state index contributed by atoms with van der Waals surface area (Å²) in [6.07, 6.45) is 3.72. The first-order valence-corrected chi connectivity index (χ1v) is 4.68. The van der Waals surface area contributed by atoms with Crippen LogP contribution in [0.3, 0.4) is 0 Å². The Kier molecular flexibility index (Phi) is 3.36. The zero-order chi connectivity index (χ0) is 10.6. The second-order valence-electron chi connectivity index (χ2n) is 4.21. The van der Waals surface area contributed by atoms with E-state index in [9.17, 15) is 4.79 Å². The highest BCUT2D eigenvalue weighted by atomic mass is 16.1. The molecule has 14 heavy (non-hydrogen) atoms. The molecule has 2 N–H and O–H groups in total. The molecule has 0 aliphatic carbocycles. The summed E-state index contributed by atoms with van der Waals surface area (Å²) in [5, 5.41) is 0. The highest BCUT2D eigenvalue weighted by molar-refractivity contribution is 5.96. The van der Waals surface area contributed by atoms with Crippen LogP contribution >= 0.6 is 0 Å². The molecule has 0 radical (unpaired) electrons. The van der Waals surface area contributed by atoms with Crippen molar-refractivity contribution in [1.82, 2.24) is 4.98 Å². The van der Waals surface area contributed by atoms with Gasteiger partial charge in [-0.05, 0) is 24.1 Å². The number of rotatable bonds is 4. The molecule has 0 atom stereocenters. The summed E-state index contributed by atoms with van der Waals surface area (Å²) >= 11 is 0. The van der Waals surface area contributed by atoms with Gasteiger partial charge in [-0.2, -0.15) is 0 Å².